The standard InChI is InChI=1S/C23H32BrFO4/c1-2-3-4-5-6-7-8-9-10-11-17-28-22(26)13-12-14-23(27)29-21-16-15-19(25)18-20(21)24/h10-11,15-16,18H,2-9,12-14,17H2,1H3/b11-10+. The summed E-state index contributed by atoms with van der Waals surface area (Å²) < 4.78 is 23.6. The first-order valence-corrected chi connectivity index (χ1v) is 11.3. The normalized spacial score (nSPS) is 11.0. The minimum atomic E-state index is -0.473. The molecule has 29 heavy (non-hydrogen) atoms. The Morgan fingerprint density at radius 1 is 0.966 bits per heavy atom. The molecule has 0 unspecified atom stereocenters. The molecule has 0 fully saturated rings. The Labute approximate surface area is 182 Å². The lowest BCUT2D eigenvalue weighted by molar-refractivity contribution is -0.142. The van der Waals surface area contributed by atoms with Crippen molar-refractivity contribution in [3.8, 4) is 5.75 Å². The van der Waals surface area contributed by atoms with E-state index in [2.05, 4.69) is 28.9 Å². The van der Waals surface area contributed by atoms with Crippen LogP contribution in [0.5, 0.6) is 5.75 Å². The zero-order chi connectivity index (χ0) is 21.3. The third-order valence-corrected chi connectivity index (χ3v) is 4.98. The van der Waals surface area contributed by atoms with Gasteiger partial charge in [-0.1, -0.05) is 57.6 Å². The maximum absolute atomic E-state index is 13.0. The van der Waals surface area contributed by atoms with Crippen LogP contribution in [-0.4, -0.2) is 18.5 Å². The second-order valence-electron chi connectivity index (χ2n) is 6.97. The predicted octanol–water partition coefficient (Wildman–Crippen LogP) is 6.90. The Balaban J connectivity index is 2.02. The summed E-state index contributed by atoms with van der Waals surface area (Å²) >= 11 is 3.14. The van der Waals surface area contributed by atoms with E-state index in [1.54, 1.807) is 0 Å². The molecule has 0 N–H and O–H groups in total. The van der Waals surface area contributed by atoms with E-state index in [4.69, 9.17) is 9.47 Å². The molecule has 0 heterocycles. The van der Waals surface area contributed by atoms with Gasteiger partial charge in [-0.15, -0.1) is 0 Å². The quantitative estimate of drug-likeness (QED) is 0.121. The van der Waals surface area contributed by atoms with Crippen molar-refractivity contribution in [2.45, 2.75) is 77.6 Å². The molecule has 1 aromatic carbocycles. The lowest BCUT2D eigenvalue weighted by Gasteiger charge is -2.06. The molecule has 6 heteroatoms. The number of rotatable bonds is 15. The highest BCUT2D eigenvalue weighted by molar-refractivity contribution is 9.10. The molecule has 1 rings (SSSR count). The third kappa shape index (κ3) is 13.2. The minimum absolute atomic E-state index is 0.0903. The van der Waals surface area contributed by atoms with Crippen LogP contribution in [0.1, 0.15) is 77.6 Å². The molecule has 162 valence electrons. The number of allylic oxidation sites excluding steroid dienone is 1. The maximum atomic E-state index is 13.0. The number of carbonyl (C=O) groups excluding carboxylic acids is 2. The molecule has 0 aliphatic carbocycles. The van der Waals surface area contributed by atoms with Crippen molar-refractivity contribution in [1.82, 2.24) is 0 Å². The van der Waals surface area contributed by atoms with Gasteiger partial charge in [0.05, 0.1) is 4.47 Å². The van der Waals surface area contributed by atoms with Gasteiger partial charge < -0.3 is 9.47 Å². The van der Waals surface area contributed by atoms with Crippen molar-refractivity contribution in [2.75, 3.05) is 6.61 Å². The molecule has 0 aliphatic heterocycles. The number of benzene rings is 1. The van der Waals surface area contributed by atoms with Crippen LogP contribution in [0.25, 0.3) is 0 Å². The highest BCUT2D eigenvalue weighted by Gasteiger charge is 2.10. The third-order valence-electron chi connectivity index (χ3n) is 4.36. The van der Waals surface area contributed by atoms with E-state index >= 15 is 0 Å². The molecule has 0 amide bonds. The van der Waals surface area contributed by atoms with E-state index in [1.165, 1.54) is 63.1 Å². The van der Waals surface area contributed by atoms with Gasteiger partial charge >= 0.3 is 11.9 Å². The van der Waals surface area contributed by atoms with Crippen LogP contribution in [0, 0.1) is 5.82 Å². The summed E-state index contributed by atoms with van der Waals surface area (Å²) in [6, 6.07) is 3.82. The first-order chi connectivity index (χ1) is 14.0. The summed E-state index contributed by atoms with van der Waals surface area (Å²) in [6.45, 7) is 2.49. The summed E-state index contributed by atoms with van der Waals surface area (Å²) in [6.07, 6.45) is 14.5. The summed E-state index contributed by atoms with van der Waals surface area (Å²) in [4.78, 5) is 23.5. The number of esters is 2. The van der Waals surface area contributed by atoms with Crippen LogP contribution in [0.3, 0.4) is 0 Å². The lowest BCUT2D eigenvalue weighted by atomic mass is 10.1. The molecule has 0 saturated carbocycles. The van der Waals surface area contributed by atoms with Crippen molar-refractivity contribution in [3.05, 3.63) is 40.6 Å². The molecule has 0 radical (unpaired) electrons. The molecule has 0 aliphatic rings. The second kappa shape index (κ2) is 16.1. The number of hydrogen-bond acceptors (Lipinski definition) is 4. The van der Waals surface area contributed by atoms with Gasteiger partial charge in [-0.25, -0.2) is 4.39 Å². The van der Waals surface area contributed by atoms with Crippen molar-refractivity contribution in [1.29, 1.82) is 0 Å². The predicted molar refractivity (Wildman–Crippen MR) is 116 cm³/mol. The number of ether oxygens (including phenoxy) is 2. The molecular weight excluding hydrogens is 439 g/mol. The molecule has 0 bridgehead atoms. The van der Waals surface area contributed by atoms with Gasteiger partial charge in [0.1, 0.15) is 18.2 Å². The monoisotopic (exact) mass is 470 g/mol. The fourth-order valence-electron chi connectivity index (χ4n) is 2.73. The maximum Gasteiger partial charge on any atom is 0.311 e. The molecule has 0 spiro atoms. The Morgan fingerprint density at radius 3 is 2.38 bits per heavy atom. The van der Waals surface area contributed by atoms with Crippen molar-refractivity contribution in [3.63, 3.8) is 0 Å². The SMILES string of the molecule is CCCCCCCCC/C=C/COC(=O)CCCC(=O)Oc1ccc(F)cc1Br. The highest BCUT2D eigenvalue weighted by Crippen LogP contribution is 2.25. The molecular formula is C23H32BrFO4. The Kier molecular flexibility index (Phi) is 14.1. The van der Waals surface area contributed by atoms with Crippen molar-refractivity contribution < 1.29 is 23.5 Å². The number of unbranched alkanes of at least 4 members (excludes halogenated alkanes) is 7. The largest absolute Gasteiger partial charge is 0.461 e. The molecule has 0 saturated heterocycles. The van der Waals surface area contributed by atoms with Crippen molar-refractivity contribution in [2.24, 2.45) is 0 Å². The van der Waals surface area contributed by atoms with Crippen LogP contribution in [0.15, 0.2) is 34.8 Å². The summed E-state index contributed by atoms with van der Waals surface area (Å²) in [7, 11) is 0. The van der Waals surface area contributed by atoms with E-state index in [0.29, 0.717) is 10.9 Å². The van der Waals surface area contributed by atoms with Crippen LogP contribution >= 0.6 is 15.9 Å². The molecule has 1 aromatic rings. The average molecular weight is 471 g/mol. The Bertz CT molecular complexity index is 646. The zero-order valence-electron chi connectivity index (χ0n) is 17.3. The first kappa shape index (κ1) is 25.3. The van der Waals surface area contributed by atoms with Crippen LogP contribution < -0.4 is 4.74 Å². The summed E-state index contributed by atoms with van der Waals surface area (Å²) in [5, 5.41) is 0. The van der Waals surface area contributed by atoms with Gasteiger partial charge in [0.25, 0.3) is 0 Å². The van der Waals surface area contributed by atoms with Gasteiger partial charge in [-0.05, 0) is 53.4 Å². The van der Waals surface area contributed by atoms with Crippen LogP contribution in [0.2, 0.25) is 0 Å². The van der Waals surface area contributed by atoms with E-state index < -0.39 is 11.8 Å². The van der Waals surface area contributed by atoms with E-state index in [1.807, 2.05) is 6.08 Å². The number of carbonyl (C=O) groups is 2. The van der Waals surface area contributed by atoms with E-state index in [9.17, 15) is 14.0 Å². The smallest absolute Gasteiger partial charge is 0.311 e. The molecule has 4 nitrogen and oxygen atoms in total. The van der Waals surface area contributed by atoms with Crippen LogP contribution in [-0.2, 0) is 14.3 Å². The Hall–Kier alpha value is -1.69. The minimum Gasteiger partial charge on any atom is -0.461 e. The topological polar surface area (TPSA) is 52.6 Å². The van der Waals surface area contributed by atoms with Gasteiger partial charge in [-0.3, -0.25) is 9.59 Å². The highest BCUT2D eigenvalue weighted by atomic mass is 79.9. The van der Waals surface area contributed by atoms with Crippen LogP contribution in [0.4, 0.5) is 4.39 Å². The fourth-order valence-corrected chi connectivity index (χ4v) is 3.16. The van der Waals surface area contributed by atoms with Gasteiger partial charge in [0, 0.05) is 12.8 Å². The fraction of sp³-hybridized carbons (Fsp3) is 0.565. The van der Waals surface area contributed by atoms with E-state index in [-0.39, 0.29) is 31.2 Å². The zero-order valence-corrected chi connectivity index (χ0v) is 18.8. The number of halogens is 2. The van der Waals surface area contributed by atoms with Gasteiger partial charge in [0.2, 0.25) is 0 Å². The second-order valence-corrected chi connectivity index (χ2v) is 7.82. The molecule has 0 atom stereocenters. The summed E-state index contributed by atoms with van der Waals surface area (Å²) in [5.74, 6) is -0.970. The average Bonchev–Trinajstić information content (AvgIpc) is 2.68. The van der Waals surface area contributed by atoms with E-state index in [0.717, 1.165) is 6.42 Å². The lowest BCUT2D eigenvalue weighted by Crippen LogP contribution is -2.10. The Morgan fingerprint density at radius 2 is 1.66 bits per heavy atom. The van der Waals surface area contributed by atoms with Gasteiger partial charge in [0.15, 0.2) is 0 Å². The first-order valence-electron chi connectivity index (χ1n) is 10.5. The summed E-state index contributed by atoms with van der Waals surface area (Å²) in [5.41, 5.74) is 0. The van der Waals surface area contributed by atoms with Gasteiger partial charge in [-0.2, -0.15) is 0 Å². The number of hydrogen-bond donors (Lipinski definition) is 0. The molecule has 0 aromatic heterocycles. The van der Waals surface area contributed by atoms with Crippen molar-refractivity contribution >= 4 is 27.9 Å².